The van der Waals surface area contributed by atoms with Crippen molar-refractivity contribution in [3.8, 4) is 0 Å². The number of sulfonamides is 1. The molecule has 132 valence electrons. The number of nitrogens with zero attached hydrogens (tertiary/aromatic N) is 1. The van der Waals surface area contributed by atoms with Crippen LogP contribution >= 0.6 is 12.4 Å². The van der Waals surface area contributed by atoms with Gasteiger partial charge in [-0.15, -0.1) is 12.4 Å². The number of hydrogen-bond acceptors (Lipinski definition) is 5. The summed E-state index contributed by atoms with van der Waals surface area (Å²) < 4.78 is 49.8. The molecular formula is C14H23ClN2O4S2. The summed E-state index contributed by atoms with van der Waals surface area (Å²) in [5.74, 6) is 0. The molecule has 9 heteroatoms. The fraction of sp³-hybridized carbons (Fsp3) is 0.571. The summed E-state index contributed by atoms with van der Waals surface area (Å²) in [5.41, 5.74) is 0.481. The van der Waals surface area contributed by atoms with Gasteiger partial charge in [-0.25, -0.2) is 16.8 Å². The van der Waals surface area contributed by atoms with Crippen LogP contribution < -0.4 is 9.62 Å². The molecule has 1 aromatic carbocycles. The molecule has 0 saturated carbocycles. The van der Waals surface area contributed by atoms with E-state index in [1.54, 1.807) is 19.1 Å². The van der Waals surface area contributed by atoms with Gasteiger partial charge in [-0.3, -0.25) is 4.31 Å². The van der Waals surface area contributed by atoms with Gasteiger partial charge in [0.05, 0.1) is 22.1 Å². The highest BCUT2D eigenvalue weighted by Gasteiger charge is 2.29. The minimum absolute atomic E-state index is 0. The maximum absolute atomic E-state index is 12.6. The minimum atomic E-state index is -3.36. The van der Waals surface area contributed by atoms with Crippen molar-refractivity contribution in [2.24, 2.45) is 0 Å². The lowest BCUT2D eigenvalue weighted by Gasteiger charge is -2.23. The van der Waals surface area contributed by atoms with Gasteiger partial charge in [-0.05, 0) is 57.1 Å². The van der Waals surface area contributed by atoms with E-state index in [2.05, 4.69) is 5.32 Å². The monoisotopic (exact) mass is 382 g/mol. The summed E-state index contributed by atoms with van der Waals surface area (Å²) in [7, 11) is -6.72. The Morgan fingerprint density at radius 1 is 1.09 bits per heavy atom. The third-order valence-corrected chi connectivity index (χ3v) is 7.41. The highest BCUT2D eigenvalue weighted by molar-refractivity contribution is 7.92. The van der Waals surface area contributed by atoms with Crippen molar-refractivity contribution >= 4 is 38.0 Å². The molecule has 1 heterocycles. The molecule has 0 atom stereocenters. The SMILES string of the molecule is CCN(c1ccc(S(=O)(=O)C2CCNCC2)cc1)S(C)(=O)=O.Cl. The molecule has 2 rings (SSSR count). The van der Waals surface area contributed by atoms with E-state index in [9.17, 15) is 16.8 Å². The average Bonchev–Trinajstić information content (AvgIpc) is 2.48. The summed E-state index contributed by atoms with van der Waals surface area (Å²) in [4.78, 5) is 0.257. The first kappa shape index (κ1) is 20.2. The molecule has 0 unspecified atom stereocenters. The third kappa shape index (κ3) is 4.59. The summed E-state index contributed by atoms with van der Waals surface area (Å²) in [6.45, 7) is 3.46. The van der Waals surface area contributed by atoms with E-state index < -0.39 is 19.9 Å². The first-order chi connectivity index (χ1) is 10.3. The summed E-state index contributed by atoms with van der Waals surface area (Å²) in [6, 6.07) is 6.11. The number of anilines is 1. The Morgan fingerprint density at radius 3 is 2.04 bits per heavy atom. The zero-order valence-electron chi connectivity index (χ0n) is 13.2. The number of sulfone groups is 1. The van der Waals surface area contributed by atoms with Crippen LogP contribution in [-0.2, 0) is 19.9 Å². The lowest BCUT2D eigenvalue weighted by Crippen LogP contribution is -2.35. The summed E-state index contributed by atoms with van der Waals surface area (Å²) in [6.07, 6.45) is 2.35. The molecule has 1 aromatic rings. The Kier molecular flexibility index (Phi) is 6.88. The van der Waals surface area contributed by atoms with Crippen molar-refractivity contribution in [2.75, 3.05) is 30.2 Å². The van der Waals surface area contributed by atoms with Crippen molar-refractivity contribution < 1.29 is 16.8 Å². The van der Waals surface area contributed by atoms with E-state index in [1.165, 1.54) is 16.4 Å². The number of piperidine rings is 1. The number of rotatable bonds is 5. The lowest BCUT2D eigenvalue weighted by molar-refractivity contribution is 0.496. The Morgan fingerprint density at radius 2 is 1.61 bits per heavy atom. The molecule has 0 amide bonds. The molecule has 1 saturated heterocycles. The second-order valence-electron chi connectivity index (χ2n) is 5.42. The van der Waals surface area contributed by atoms with Crippen LogP contribution in [0.3, 0.4) is 0 Å². The van der Waals surface area contributed by atoms with Crippen molar-refractivity contribution in [1.82, 2.24) is 5.32 Å². The highest BCUT2D eigenvalue weighted by Crippen LogP contribution is 2.25. The Bertz CT molecular complexity index is 712. The quantitative estimate of drug-likeness (QED) is 0.832. The fourth-order valence-corrected chi connectivity index (χ4v) is 5.44. The average molecular weight is 383 g/mol. The van der Waals surface area contributed by atoms with E-state index in [4.69, 9.17) is 0 Å². The molecule has 6 nitrogen and oxygen atoms in total. The maximum Gasteiger partial charge on any atom is 0.232 e. The van der Waals surface area contributed by atoms with E-state index in [1.807, 2.05) is 0 Å². The smallest absolute Gasteiger partial charge is 0.232 e. The van der Waals surface area contributed by atoms with Gasteiger partial charge in [0.25, 0.3) is 0 Å². The zero-order valence-corrected chi connectivity index (χ0v) is 15.7. The van der Waals surface area contributed by atoms with Crippen LogP contribution in [0.15, 0.2) is 29.2 Å². The van der Waals surface area contributed by atoms with Crippen LogP contribution in [-0.4, -0.2) is 48.0 Å². The molecular weight excluding hydrogens is 360 g/mol. The molecule has 1 aliphatic rings. The first-order valence-electron chi connectivity index (χ1n) is 7.29. The summed E-state index contributed by atoms with van der Waals surface area (Å²) >= 11 is 0. The van der Waals surface area contributed by atoms with Crippen LogP contribution in [0, 0.1) is 0 Å². The van der Waals surface area contributed by atoms with E-state index in [0.29, 0.717) is 38.2 Å². The first-order valence-corrected chi connectivity index (χ1v) is 10.7. The van der Waals surface area contributed by atoms with Crippen LogP contribution in [0.5, 0.6) is 0 Å². The van der Waals surface area contributed by atoms with Gasteiger partial charge in [-0.1, -0.05) is 0 Å². The number of halogens is 1. The number of hydrogen-bond donors (Lipinski definition) is 1. The molecule has 0 radical (unpaired) electrons. The molecule has 23 heavy (non-hydrogen) atoms. The van der Waals surface area contributed by atoms with Gasteiger partial charge < -0.3 is 5.32 Å². The second-order valence-corrected chi connectivity index (χ2v) is 9.55. The number of benzene rings is 1. The normalized spacial score (nSPS) is 16.6. The lowest BCUT2D eigenvalue weighted by atomic mass is 10.2. The second kappa shape index (κ2) is 7.83. The molecule has 0 spiro atoms. The van der Waals surface area contributed by atoms with Crippen molar-refractivity contribution in [1.29, 1.82) is 0 Å². The van der Waals surface area contributed by atoms with Gasteiger partial charge in [0.15, 0.2) is 9.84 Å². The van der Waals surface area contributed by atoms with Crippen LogP contribution in [0.1, 0.15) is 19.8 Å². The molecule has 0 aromatic heterocycles. The minimum Gasteiger partial charge on any atom is -0.317 e. The van der Waals surface area contributed by atoms with Crippen LogP contribution in [0.2, 0.25) is 0 Å². The Hall–Kier alpha value is -0.830. The van der Waals surface area contributed by atoms with Gasteiger partial charge >= 0.3 is 0 Å². The van der Waals surface area contributed by atoms with Gasteiger partial charge in [0.1, 0.15) is 0 Å². The van der Waals surface area contributed by atoms with E-state index in [0.717, 1.165) is 6.26 Å². The Balaban J connectivity index is 0.00000264. The standard InChI is InChI=1S/C14H22N2O4S2.ClH/c1-3-16(21(2,17)18)12-4-6-13(7-5-12)22(19,20)14-8-10-15-11-9-14;/h4-7,14-15H,3,8-11H2,1-2H3;1H. The van der Waals surface area contributed by atoms with Crippen molar-refractivity contribution in [3.63, 3.8) is 0 Å². The van der Waals surface area contributed by atoms with E-state index in [-0.39, 0.29) is 22.6 Å². The summed E-state index contributed by atoms with van der Waals surface area (Å²) in [5, 5.41) is 2.78. The third-order valence-electron chi connectivity index (χ3n) is 3.87. The van der Waals surface area contributed by atoms with Gasteiger partial charge in [0.2, 0.25) is 10.0 Å². The number of nitrogens with one attached hydrogen (secondary N) is 1. The molecule has 0 bridgehead atoms. The highest BCUT2D eigenvalue weighted by atomic mass is 35.5. The van der Waals surface area contributed by atoms with Crippen molar-refractivity contribution in [3.05, 3.63) is 24.3 Å². The predicted molar refractivity (Wildman–Crippen MR) is 94.6 cm³/mol. The fourth-order valence-electron chi connectivity index (χ4n) is 2.71. The topological polar surface area (TPSA) is 83.6 Å². The predicted octanol–water partition coefficient (Wildman–Crippen LogP) is 1.42. The molecule has 0 aliphatic carbocycles. The maximum atomic E-state index is 12.6. The van der Waals surface area contributed by atoms with Gasteiger partial charge in [0, 0.05) is 6.54 Å². The van der Waals surface area contributed by atoms with Crippen molar-refractivity contribution in [2.45, 2.75) is 29.9 Å². The van der Waals surface area contributed by atoms with Crippen LogP contribution in [0.4, 0.5) is 5.69 Å². The molecule has 1 aliphatic heterocycles. The van der Waals surface area contributed by atoms with Crippen LogP contribution in [0.25, 0.3) is 0 Å². The van der Waals surface area contributed by atoms with Gasteiger partial charge in [-0.2, -0.15) is 0 Å². The molecule has 1 fully saturated rings. The largest absolute Gasteiger partial charge is 0.317 e. The molecule has 1 N–H and O–H groups in total. The van der Waals surface area contributed by atoms with E-state index >= 15 is 0 Å². The Labute approximate surface area is 144 Å². The zero-order chi connectivity index (χ0) is 16.4.